The molecular weight excluding hydrogens is 234 g/mol. The molecule has 2 atom stereocenters. The van der Waals surface area contributed by atoms with Crippen LogP contribution < -0.4 is 11.1 Å². The predicted octanol–water partition coefficient (Wildman–Crippen LogP) is -0.472. The van der Waals surface area contributed by atoms with Crippen LogP contribution in [0.3, 0.4) is 0 Å². The molecule has 0 aromatic carbocycles. The van der Waals surface area contributed by atoms with E-state index in [0.717, 1.165) is 25.7 Å². The molecule has 2 rings (SSSR count). The Kier molecular flexibility index (Phi) is 4.14. The Labute approximate surface area is 105 Å². The molecule has 18 heavy (non-hydrogen) atoms. The van der Waals surface area contributed by atoms with Gasteiger partial charge in [-0.15, -0.1) is 5.10 Å². The number of amides is 1. The van der Waals surface area contributed by atoms with Gasteiger partial charge in [0.25, 0.3) is 0 Å². The topological polar surface area (TPSA) is 106 Å². The molecular formula is C11H19N5O2. The lowest BCUT2D eigenvalue weighted by Crippen LogP contribution is -2.44. The maximum absolute atomic E-state index is 11.8. The van der Waals surface area contributed by atoms with Crippen molar-refractivity contribution < 1.29 is 9.90 Å². The molecule has 7 nitrogen and oxygen atoms in total. The molecule has 0 bridgehead atoms. The van der Waals surface area contributed by atoms with Gasteiger partial charge in [0.2, 0.25) is 11.9 Å². The van der Waals surface area contributed by atoms with Gasteiger partial charge in [0.05, 0.1) is 0 Å². The normalized spacial score (nSPS) is 23.8. The number of nitrogen functional groups attached to an aromatic ring is 1. The molecule has 1 aromatic rings. The molecule has 1 aromatic heterocycles. The molecule has 2 unspecified atom stereocenters. The van der Waals surface area contributed by atoms with Crippen molar-refractivity contribution >= 4 is 11.9 Å². The van der Waals surface area contributed by atoms with Crippen LogP contribution in [0.15, 0.2) is 6.33 Å². The molecule has 1 heterocycles. The first-order valence-corrected chi connectivity index (χ1v) is 6.24. The first kappa shape index (κ1) is 12.8. The maximum Gasteiger partial charge on any atom is 0.242 e. The van der Waals surface area contributed by atoms with E-state index < -0.39 is 0 Å². The molecule has 1 saturated carbocycles. The molecule has 0 saturated heterocycles. The number of hydrogen-bond acceptors (Lipinski definition) is 5. The molecule has 7 heteroatoms. The average Bonchev–Trinajstić information content (AvgIpc) is 2.75. The van der Waals surface area contributed by atoms with Gasteiger partial charge in [-0.1, -0.05) is 12.8 Å². The second kappa shape index (κ2) is 5.81. The Morgan fingerprint density at radius 2 is 2.33 bits per heavy atom. The fourth-order valence-corrected chi connectivity index (χ4v) is 2.40. The number of carbonyl (C=O) groups is 1. The van der Waals surface area contributed by atoms with Crippen molar-refractivity contribution in [3.63, 3.8) is 0 Å². The number of anilines is 1. The van der Waals surface area contributed by atoms with Crippen LogP contribution in [-0.2, 0) is 11.3 Å². The van der Waals surface area contributed by atoms with Crippen molar-refractivity contribution in [3.05, 3.63) is 6.33 Å². The van der Waals surface area contributed by atoms with Gasteiger partial charge in [-0.05, 0) is 12.8 Å². The van der Waals surface area contributed by atoms with E-state index in [-0.39, 0.29) is 37.0 Å². The molecule has 4 N–H and O–H groups in total. The van der Waals surface area contributed by atoms with Gasteiger partial charge >= 0.3 is 0 Å². The molecule has 1 aliphatic carbocycles. The van der Waals surface area contributed by atoms with Gasteiger partial charge in [-0.3, -0.25) is 4.79 Å². The highest BCUT2D eigenvalue weighted by Crippen LogP contribution is 2.23. The lowest BCUT2D eigenvalue weighted by Gasteiger charge is -2.30. The van der Waals surface area contributed by atoms with Gasteiger partial charge in [0.15, 0.2) is 0 Å². The maximum atomic E-state index is 11.8. The lowest BCUT2D eigenvalue weighted by atomic mass is 9.85. The van der Waals surface area contributed by atoms with E-state index in [1.54, 1.807) is 0 Å². The number of aliphatic hydroxyl groups excluding tert-OH is 1. The summed E-state index contributed by atoms with van der Waals surface area (Å²) >= 11 is 0. The second-order valence-corrected chi connectivity index (χ2v) is 4.70. The zero-order valence-corrected chi connectivity index (χ0v) is 10.2. The molecule has 1 amide bonds. The molecule has 0 spiro atoms. The van der Waals surface area contributed by atoms with Crippen LogP contribution in [0, 0.1) is 5.92 Å². The molecule has 1 aliphatic rings. The standard InChI is InChI=1S/C11H19N5O2/c12-11-13-7-16(15-11)5-10(18)14-9-4-2-1-3-8(9)6-17/h7-9,17H,1-6H2,(H2,12,15)(H,14,18). The molecule has 0 radical (unpaired) electrons. The largest absolute Gasteiger partial charge is 0.396 e. The van der Waals surface area contributed by atoms with Crippen LogP contribution >= 0.6 is 0 Å². The number of aromatic nitrogens is 3. The quantitative estimate of drug-likeness (QED) is 0.672. The first-order valence-electron chi connectivity index (χ1n) is 6.24. The predicted molar refractivity (Wildman–Crippen MR) is 65.4 cm³/mol. The van der Waals surface area contributed by atoms with Crippen LogP contribution in [0.25, 0.3) is 0 Å². The highest BCUT2D eigenvalue weighted by Gasteiger charge is 2.25. The summed E-state index contributed by atoms with van der Waals surface area (Å²) in [5.74, 6) is 0.211. The lowest BCUT2D eigenvalue weighted by molar-refractivity contribution is -0.123. The van der Waals surface area contributed by atoms with Crippen LogP contribution in [0.5, 0.6) is 0 Å². The number of aliphatic hydroxyl groups is 1. The van der Waals surface area contributed by atoms with E-state index in [2.05, 4.69) is 15.4 Å². The van der Waals surface area contributed by atoms with Gasteiger partial charge in [-0.25, -0.2) is 9.67 Å². The van der Waals surface area contributed by atoms with Crippen molar-refractivity contribution in [2.45, 2.75) is 38.3 Å². The summed E-state index contributed by atoms with van der Waals surface area (Å²) in [6.07, 6.45) is 5.54. The van der Waals surface area contributed by atoms with Crippen molar-refractivity contribution in [2.24, 2.45) is 5.92 Å². The van der Waals surface area contributed by atoms with E-state index in [4.69, 9.17) is 5.73 Å². The Balaban J connectivity index is 1.86. The number of nitrogens with two attached hydrogens (primary N) is 1. The van der Waals surface area contributed by atoms with Crippen LogP contribution in [-0.4, -0.2) is 38.4 Å². The Bertz CT molecular complexity index is 406. The van der Waals surface area contributed by atoms with Gasteiger partial charge < -0.3 is 16.2 Å². The molecule has 100 valence electrons. The summed E-state index contributed by atoms with van der Waals surface area (Å²) in [5, 5.41) is 16.1. The van der Waals surface area contributed by atoms with E-state index in [0.29, 0.717) is 0 Å². The van der Waals surface area contributed by atoms with Crippen molar-refractivity contribution in [1.82, 2.24) is 20.1 Å². The highest BCUT2D eigenvalue weighted by molar-refractivity contribution is 5.76. The summed E-state index contributed by atoms with van der Waals surface area (Å²) in [5.41, 5.74) is 5.37. The van der Waals surface area contributed by atoms with E-state index in [9.17, 15) is 9.90 Å². The highest BCUT2D eigenvalue weighted by atomic mass is 16.3. The van der Waals surface area contributed by atoms with Crippen molar-refractivity contribution in [1.29, 1.82) is 0 Å². The molecule has 0 aliphatic heterocycles. The van der Waals surface area contributed by atoms with Gasteiger partial charge in [0.1, 0.15) is 12.9 Å². The summed E-state index contributed by atoms with van der Waals surface area (Å²) in [6.45, 7) is 0.236. The van der Waals surface area contributed by atoms with E-state index >= 15 is 0 Å². The molecule has 1 fully saturated rings. The van der Waals surface area contributed by atoms with Crippen molar-refractivity contribution in [3.8, 4) is 0 Å². The summed E-state index contributed by atoms with van der Waals surface area (Å²) in [7, 11) is 0. The summed E-state index contributed by atoms with van der Waals surface area (Å²) in [6, 6.07) is 0.0668. The van der Waals surface area contributed by atoms with E-state index in [1.165, 1.54) is 11.0 Å². The third-order valence-corrected chi connectivity index (χ3v) is 3.35. The van der Waals surface area contributed by atoms with Crippen LogP contribution in [0.2, 0.25) is 0 Å². The summed E-state index contributed by atoms with van der Waals surface area (Å²) in [4.78, 5) is 15.6. The number of nitrogens with one attached hydrogen (secondary N) is 1. The fourth-order valence-electron chi connectivity index (χ4n) is 2.40. The Morgan fingerprint density at radius 1 is 1.56 bits per heavy atom. The first-order chi connectivity index (χ1) is 8.69. The fraction of sp³-hybridized carbons (Fsp3) is 0.727. The number of rotatable bonds is 4. The smallest absolute Gasteiger partial charge is 0.242 e. The zero-order chi connectivity index (χ0) is 13.0. The third-order valence-electron chi connectivity index (χ3n) is 3.35. The number of hydrogen-bond donors (Lipinski definition) is 3. The average molecular weight is 253 g/mol. The number of carbonyl (C=O) groups excluding carboxylic acids is 1. The van der Waals surface area contributed by atoms with Crippen molar-refractivity contribution in [2.75, 3.05) is 12.3 Å². The van der Waals surface area contributed by atoms with E-state index in [1.807, 2.05) is 0 Å². The monoisotopic (exact) mass is 253 g/mol. The minimum Gasteiger partial charge on any atom is -0.396 e. The minimum atomic E-state index is -0.120. The van der Waals surface area contributed by atoms with Crippen LogP contribution in [0.4, 0.5) is 5.95 Å². The Hall–Kier alpha value is -1.63. The van der Waals surface area contributed by atoms with Crippen LogP contribution in [0.1, 0.15) is 25.7 Å². The van der Waals surface area contributed by atoms with Gasteiger partial charge in [0, 0.05) is 18.6 Å². The number of nitrogens with zero attached hydrogens (tertiary/aromatic N) is 3. The minimum absolute atomic E-state index is 0.0668. The SMILES string of the molecule is Nc1ncn(CC(=O)NC2CCCCC2CO)n1. The second-order valence-electron chi connectivity index (χ2n) is 4.70. The Morgan fingerprint density at radius 3 is 3.00 bits per heavy atom. The zero-order valence-electron chi connectivity index (χ0n) is 10.2. The third kappa shape index (κ3) is 3.19. The van der Waals surface area contributed by atoms with Gasteiger partial charge in [-0.2, -0.15) is 0 Å². The summed E-state index contributed by atoms with van der Waals surface area (Å²) < 4.78 is 1.40.